The number of carbonyl (C=O) groups is 1. The van der Waals surface area contributed by atoms with Crippen molar-refractivity contribution in [1.82, 2.24) is 20.2 Å². The summed E-state index contributed by atoms with van der Waals surface area (Å²) in [4.78, 5) is 12.2. The Labute approximate surface area is 138 Å². The van der Waals surface area contributed by atoms with E-state index in [2.05, 4.69) is 20.8 Å². The normalized spacial score (nSPS) is 11.1. The third kappa shape index (κ3) is 3.50. The van der Waals surface area contributed by atoms with E-state index >= 15 is 0 Å². The molecule has 3 rings (SSSR count). The van der Waals surface area contributed by atoms with Crippen LogP contribution >= 0.6 is 11.8 Å². The van der Waals surface area contributed by atoms with Crippen LogP contribution in [-0.2, 0) is 4.79 Å². The minimum atomic E-state index is -0.0790. The van der Waals surface area contributed by atoms with Gasteiger partial charge in [0.1, 0.15) is 0 Å². The predicted octanol–water partition coefficient (Wildman–Crippen LogP) is 3.14. The summed E-state index contributed by atoms with van der Waals surface area (Å²) in [5, 5.41) is 17.3. The highest BCUT2D eigenvalue weighted by Gasteiger charge is 2.12. The third-order valence-electron chi connectivity index (χ3n) is 3.35. The topological polar surface area (TPSA) is 72.7 Å². The molecule has 0 aliphatic rings. The highest BCUT2D eigenvalue weighted by atomic mass is 32.2. The summed E-state index contributed by atoms with van der Waals surface area (Å²) in [6.07, 6.45) is 0. The van der Waals surface area contributed by atoms with E-state index < -0.39 is 0 Å². The first-order chi connectivity index (χ1) is 11.1. The maximum Gasteiger partial charge on any atom is 0.234 e. The Kier molecular flexibility index (Phi) is 4.57. The average Bonchev–Trinajstić information content (AvgIpc) is 3.02. The predicted molar refractivity (Wildman–Crippen MR) is 91.5 cm³/mol. The van der Waals surface area contributed by atoms with Crippen molar-refractivity contribution in [2.24, 2.45) is 0 Å². The van der Waals surface area contributed by atoms with Gasteiger partial charge in [-0.25, -0.2) is 4.68 Å². The number of nitrogens with one attached hydrogen (secondary N) is 1. The number of amides is 1. The molecule has 118 valence electrons. The Morgan fingerprint density at radius 1 is 1.22 bits per heavy atom. The zero-order valence-electron chi connectivity index (χ0n) is 12.9. The summed E-state index contributed by atoms with van der Waals surface area (Å²) >= 11 is 1.33. The number of hydrogen-bond donors (Lipinski definition) is 1. The van der Waals surface area contributed by atoms with Crippen LogP contribution in [0.1, 0.15) is 19.9 Å². The molecule has 3 aromatic rings. The summed E-state index contributed by atoms with van der Waals surface area (Å²) in [6, 6.07) is 14.0. The molecule has 0 aliphatic heterocycles. The number of benzene rings is 2. The monoisotopic (exact) mass is 327 g/mol. The van der Waals surface area contributed by atoms with Gasteiger partial charge in [0.15, 0.2) is 0 Å². The maximum absolute atomic E-state index is 12.2. The van der Waals surface area contributed by atoms with Gasteiger partial charge in [0.25, 0.3) is 0 Å². The Morgan fingerprint density at radius 3 is 2.83 bits per heavy atom. The maximum atomic E-state index is 12.2. The number of anilines is 1. The smallest absolute Gasteiger partial charge is 0.234 e. The van der Waals surface area contributed by atoms with Crippen LogP contribution in [0.4, 0.5) is 5.69 Å². The fraction of sp³-hybridized carbons (Fsp3) is 0.250. The minimum absolute atomic E-state index is 0.0790. The lowest BCUT2D eigenvalue weighted by Crippen LogP contribution is -2.15. The quantitative estimate of drug-likeness (QED) is 0.729. The van der Waals surface area contributed by atoms with E-state index in [1.54, 1.807) is 4.68 Å². The molecule has 0 saturated carbocycles. The molecule has 0 saturated heterocycles. The molecule has 0 aliphatic carbocycles. The van der Waals surface area contributed by atoms with Crippen LogP contribution in [0.2, 0.25) is 0 Å². The summed E-state index contributed by atoms with van der Waals surface area (Å²) in [5.74, 6) is 0.181. The highest BCUT2D eigenvalue weighted by Crippen LogP contribution is 2.23. The standard InChI is InChI=1S/C16H17N5OS/c1-11(2)21-16(18-19-20-21)23-10-15(22)17-14-9-5-7-12-6-3-4-8-13(12)14/h3-9,11H,10H2,1-2H3,(H,17,22). The van der Waals surface area contributed by atoms with Crippen molar-refractivity contribution in [3.05, 3.63) is 42.5 Å². The summed E-state index contributed by atoms with van der Waals surface area (Å²) in [6.45, 7) is 3.99. The zero-order valence-corrected chi connectivity index (χ0v) is 13.7. The molecule has 0 atom stereocenters. The number of rotatable bonds is 5. The number of aromatic nitrogens is 4. The lowest BCUT2D eigenvalue weighted by Gasteiger charge is -2.09. The Balaban J connectivity index is 1.68. The molecule has 23 heavy (non-hydrogen) atoms. The lowest BCUT2D eigenvalue weighted by molar-refractivity contribution is -0.113. The van der Waals surface area contributed by atoms with Crippen LogP contribution in [0, 0.1) is 0 Å². The minimum Gasteiger partial charge on any atom is -0.325 e. The molecule has 6 nitrogen and oxygen atoms in total. The van der Waals surface area contributed by atoms with E-state index in [0.29, 0.717) is 5.16 Å². The summed E-state index contributed by atoms with van der Waals surface area (Å²) in [5.41, 5.74) is 0.817. The van der Waals surface area contributed by atoms with E-state index in [9.17, 15) is 4.79 Å². The second kappa shape index (κ2) is 6.78. The van der Waals surface area contributed by atoms with Crippen molar-refractivity contribution >= 4 is 34.1 Å². The second-order valence-electron chi connectivity index (χ2n) is 5.36. The second-order valence-corrected chi connectivity index (χ2v) is 6.31. The van der Waals surface area contributed by atoms with Gasteiger partial charge in [0.2, 0.25) is 11.1 Å². The van der Waals surface area contributed by atoms with E-state index in [0.717, 1.165) is 16.5 Å². The van der Waals surface area contributed by atoms with Gasteiger partial charge in [-0.2, -0.15) is 0 Å². The van der Waals surface area contributed by atoms with Gasteiger partial charge in [-0.3, -0.25) is 4.79 Å². The van der Waals surface area contributed by atoms with Crippen LogP contribution < -0.4 is 5.32 Å². The van der Waals surface area contributed by atoms with Crippen molar-refractivity contribution in [3.8, 4) is 0 Å². The van der Waals surface area contributed by atoms with Crippen LogP contribution in [0.5, 0.6) is 0 Å². The third-order valence-corrected chi connectivity index (χ3v) is 4.28. The largest absolute Gasteiger partial charge is 0.325 e. The Bertz CT molecular complexity index is 825. The van der Waals surface area contributed by atoms with Crippen molar-refractivity contribution in [2.45, 2.75) is 25.0 Å². The molecule has 1 heterocycles. The van der Waals surface area contributed by atoms with Crippen LogP contribution in [-0.4, -0.2) is 31.9 Å². The van der Waals surface area contributed by atoms with Crippen molar-refractivity contribution in [2.75, 3.05) is 11.1 Å². The Morgan fingerprint density at radius 2 is 2.00 bits per heavy atom. The molecule has 0 unspecified atom stereocenters. The van der Waals surface area contributed by atoms with Crippen LogP contribution in [0.25, 0.3) is 10.8 Å². The molecule has 0 bridgehead atoms. The van der Waals surface area contributed by atoms with Gasteiger partial charge in [-0.1, -0.05) is 48.2 Å². The number of hydrogen-bond acceptors (Lipinski definition) is 5. The lowest BCUT2D eigenvalue weighted by atomic mass is 10.1. The number of tetrazole rings is 1. The SMILES string of the molecule is CC(C)n1nnnc1SCC(=O)Nc1cccc2ccccc12. The number of thioether (sulfide) groups is 1. The first-order valence-corrected chi connectivity index (χ1v) is 8.32. The molecule has 1 amide bonds. The molecule has 2 aromatic carbocycles. The van der Waals surface area contributed by atoms with Gasteiger partial charge in [-0.15, -0.1) is 5.10 Å². The van der Waals surface area contributed by atoms with Crippen molar-refractivity contribution in [1.29, 1.82) is 0 Å². The van der Waals surface area contributed by atoms with Gasteiger partial charge < -0.3 is 5.32 Å². The van der Waals surface area contributed by atoms with Crippen LogP contribution in [0.15, 0.2) is 47.6 Å². The van der Waals surface area contributed by atoms with Crippen molar-refractivity contribution in [3.63, 3.8) is 0 Å². The molecule has 1 N–H and O–H groups in total. The molecular weight excluding hydrogens is 310 g/mol. The van der Waals surface area contributed by atoms with E-state index in [1.807, 2.05) is 56.3 Å². The molecule has 1 aromatic heterocycles. The van der Waals surface area contributed by atoms with Gasteiger partial charge >= 0.3 is 0 Å². The van der Waals surface area contributed by atoms with Crippen LogP contribution in [0.3, 0.4) is 0 Å². The summed E-state index contributed by atoms with van der Waals surface area (Å²) in [7, 11) is 0. The molecule has 7 heteroatoms. The molecule has 0 radical (unpaired) electrons. The Hall–Kier alpha value is -2.41. The van der Waals surface area contributed by atoms with Crippen molar-refractivity contribution < 1.29 is 4.79 Å². The fourth-order valence-corrected chi connectivity index (χ4v) is 3.06. The first kappa shape index (κ1) is 15.5. The summed E-state index contributed by atoms with van der Waals surface area (Å²) < 4.78 is 1.70. The molecular formula is C16H17N5OS. The zero-order chi connectivity index (χ0) is 16.2. The first-order valence-electron chi connectivity index (χ1n) is 7.33. The number of carbonyl (C=O) groups excluding carboxylic acids is 1. The average molecular weight is 327 g/mol. The fourth-order valence-electron chi connectivity index (χ4n) is 2.26. The van der Waals surface area contributed by atoms with E-state index in [4.69, 9.17) is 0 Å². The number of fused-ring (bicyclic) bond motifs is 1. The van der Waals surface area contributed by atoms with E-state index in [1.165, 1.54) is 11.8 Å². The molecule has 0 fully saturated rings. The highest BCUT2D eigenvalue weighted by molar-refractivity contribution is 7.99. The van der Waals surface area contributed by atoms with Gasteiger partial charge in [-0.05, 0) is 35.7 Å². The van der Waals surface area contributed by atoms with Gasteiger partial charge in [0.05, 0.1) is 11.8 Å². The van der Waals surface area contributed by atoms with E-state index in [-0.39, 0.29) is 17.7 Å². The number of nitrogens with zero attached hydrogens (tertiary/aromatic N) is 4. The molecule has 0 spiro atoms. The van der Waals surface area contributed by atoms with Gasteiger partial charge in [0, 0.05) is 11.1 Å².